The number of sulfonamides is 1. The summed E-state index contributed by atoms with van der Waals surface area (Å²) >= 11 is 0. The van der Waals surface area contributed by atoms with Crippen LogP contribution >= 0.6 is 0 Å². The molecule has 0 amide bonds. The Morgan fingerprint density at radius 1 is 1.18 bits per heavy atom. The topological polar surface area (TPSA) is 62.3 Å². The number of hydrogen-bond donors (Lipinski definition) is 1. The van der Waals surface area contributed by atoms with E-state index in [4.69, 9.17) is 0 Å². The molecular formula is C16H25N3O2S. The molecule has 0 radical (unpaired) electrons. The maximum absolute atomic E-state index is 12.6. The van der Waals surface area contributed by atoms with Crippen molar-refractivity contribution in [2.75, 3.05) is 18.0 Å². The third kappa shape index (κ3) is 3.60. The van der Waals surface area contributed by atoms with Gasteiger partial charge in [0.25, 0.3) is 0 Å². The molecule has 1 aliphatic heterocycles. The number of pyridine rings is 1. The Hall–Kier alpha value is -1.14. The molecule has 1 saturated heterocycles. The summed E-state index contributed by atoms with van der Waals surface area (Å²) < 4.78 is 28.2. The van der Waals surface area contributed by atoms with Crippen molar-refractivity contribution in [1.82, 2.24) is 9.71 Å². The van der Waals surface area contributed by atoms with Gasteiger partial charge in [-0.2, -0.15) is 0 Å². The molecule has 1 N–H and O–H groups in total. The van der Waals surface area contributed by atoms with E-state index in [0.29, 0.717) is 6.54 Å². The lowest BCUT2D eigenvalue weighted by atomic mass is 10.1. The second-order valence-corrected chi connectivity index (χ2v) is 8.48. The van der Waals surface area contributed by atoms with Crippen LogP contribution in [0.2, 0.25) is 0 Å². The minimum absolute atomic E-state index is 0.150. The van der Waals surface area contributed by atoms with Crippen LogP contribution in [0.3, 0.4) is 0 Å². The average molecular weight is 323 g/mol. The average Bonchev–Trinajstić information content (AvgIpc) is 3.00. The van der Waals surface area contributed by atoms with Crippen molar-refractivity contribution < 1.29 is 8.42 Å². The number of nitrogens with zero attached hydrogens (tertiary/aromatic N) is 2. The van der Waals surface area contributed by atoms with Gasteiger partial charge in [0.05, 0.1) is 5.25 Å². The molecule has 0 spiro atoms. The minimum Gasteiger partial charge on any atom is -0.355 e. The second-order valence-electron chi connectivity index (χ2n) is 6.49. The summed E-state index contributed by atoms with van der Waals surface area (Å²) in [5.41, 5.74) is 0.964. The molecule has 0 bridgehead atoms. The van der Waals surface area contributed by atoms with Crippen LogP contribution in [0.25, 0.3) is 0 Å². The van der Waals surface area contributed by atoms with E-state index in [1.165, 1.54) is 0 Å². The maximum atomic E-state index is 12.6. The first-order valence-corrected chi connectivity index (χ1v) is 9.79. The number of aryl methyl sites for hydroxylation is 1. The van der Waals surface area contributed by atoms with Crippen LogP contribution in [0, 0.1) is 6.92 Å². The Bertz CT molecular complexity index is 612. The van der Waals surface area contributed by atoms with Crippen LogP contribution in [0.5, 0.6) is 0 Å². The Morgan fingerprint density at radius 2 is 1.95 bits per heavy atom. The SMILES string of the molecule is Cc1cccc(N2CCC[C@H](S(=O)(=O)NC3CCCC3)C2)n1. The lowest BCUT2D eigenvalue weighted by Crippen LogP contribution is -2.48. The summed E-state index contributed by atoms with van der Waals surface area (Å²) in [6.07, 6.45) is 5.87. The first kappa shape index (κ1) is 15.7. The molecule has 6 heteroatoms. The predicted octanol–water partition coefficient (Wildman–Crippen LogP) is 2.22. The van der Waals surface area contributed by atoms with Gasteiger partial charge in [-0.3, -0.25) is 0 Å². The molecule has 2 fully saturated rings. The lowest BCUT2D eigenvalue weighted by Gasteiger charge is -2.34. The largest absolute Gasteiger partial charge is 0.355 e. The number of rotatable bonds is 4. The summed E-state index contributed by atoms with van der Waals surface area (Å²) in [4.78, 5) is 6.63. The highest BCUT2D eigenvalue weighted by Gasteiger charge is 2.33. The molecule has 1 aromatic heterocycles. The molecule has 0 unspecified atom stereocenters. The first-order valence-electron chi connectivity index (χ1n) is 8.24. The number of piperidine rings is 1. The third-order valence-corrected chi connectivity index (χ3v) is 6.63. The van der Waals surface area contributed by atoms with Gasteiger partial charge in [0.1, 0.15) is 5.82 Å². The molecule has 0 aromatic carbocycles. The Labute approximate surface area is 133 Å². The van der Waals surface area contributed by atoms with Gasteiger partial charge in [-0.25, -0.2) is 18.1 Å². The molecule has 2 heterocycles. The van der Waals surface area contributed by atoms with Crippen LogP contribution < -0.4 is 9.62 Å². The summed E-state index contributed by atoms with van der Waals surface area (Å²) in [6, 6.07) is 6.06. The maximum Gasteiger partial charge on any atom is 0.216 e. The van der Waals surface area contributed by atoms with Crippen LogP contribution in [-0.4, -0.2) is 37.8 Å². The lowest BCUT2D eigenvalue weighted by molar-refractivity contribution is 0.505. The number of hydrogen-bond acceptors (Lipinski definition) is 4. The second kappa shape index (κ2) is 6.54. The van der Waals surface area contributed by atoms with E-state index in [-0.39, 0.29) is 11.3 Å². The van der Waals surface area contributed by atoms with Crippen molar-refractivity contribution in [3.63, 3.8) is 0 Å². The molecule has 1 aliphatic carbocycles. The highest BCUT2D eigenvalue weighted by atomic mass is 32.2. The van der Waals surface area contributed by atoms with Crippen molar-refractivity contribution in [2.45, 2.75) is 56.7 Å². The minimum atomic E-state index is -3.24. The number of nitrogens with one attached hydrogen (secondary N) is 1. The van der Waals surface area contributed by atoms with Gasteiger partial charge in [0, 0.05) is 24.8 Å². The monoisotopic (exact) mass is 323 g/mol. The van der Waals surface area contributed by atoms with Crippen molar-refractivity contribution in [1.29, 1.82) is 0 Å². The van der Waals surface area contributed by atoms with E-state index in [1.807, 2.05) is 25.1 Å². The highest BCUT2D eigenvalue weighted by Crippen LogP contribution is 2.24. The van der Waals surface area contributed by atoms with Gasteiger partial charge >= 0.3 is 0 Å². The zero-order valence-corrected chi connectivity index (χ0v) is 14.0. The molecule has 2 aliphatic rings. The fourth-order valence-electron chi connectivity index (χ4n) is 3.48. The molecule has 1 aromatic rings. The van der Waals surface area contributed by atoms with E-state index in [0.717, 1.165) is 56.6 Å². The van der Waals surface area contributed by atoms with E-state index in [1.54, 1.807) is 0 Å². The first-order chi connectivity index (χ1) is 10.5. The van der Waals surface area contributed by atoms with Crippen LogP contribution in [-0.2, 0) is 10.0 Å². The zero-order chi connectivity index (χ0) is 15.6. The Morgan fingerprint density at radius 3 is 2.68 bits per heavy atom. The molecule has 122 valence electrons. The van der Waals surface area contributed by atoms with Gasteiger partial charge in [-0.15, -0.1) is 0 Å². The standard InChI is InChI=1S/C16H25N3O2S/c1-13-6-4-10-16(17-13)19-11-5-9-15(12-19)22(20,21)18-14-7-2-3-8-14/h4,6,10,14-15,18H,2-3,5,7-9,11-12H2,1H3/t15-/m0/s1. The van der Waals surface area contributed by atoms with Crippen molar-refractivity contribution in [3.8, 4) is 0 Å². The molecule has 1 atom stereocenters. The van der Waals surface area contributed by atoms with Crippen LogP contribution in [0.4, 0.5) is 5.82 Å². The molecular weight excluding hydrogens is 298 g/mol. The Kier molecular flexibility index (Phi) is 4.68. The van der Waals surface area contributed by atoms with Gasteiger partial charge in [-0.1, -0.05) is 18.9 Å². The molecule has 1 saturated carbocycles. The summed E-state index contributed by atoms with van der Waals surface area (Å²) in [5.74, 6) is 0.890. The van der Waals surface area contributed by atoms with Crippen molar-refractivity contribution >= 4 is 15.8 Å². The van der Waals surface area contributed by atoms with Gasteiger partial charge in [0.15, 0.2) is 0 Å². The quantitative estimate of drug-likeness (QED) is 0.923. The third-order valence-electron chi connectivity index (χ3n) is 4.70. The fraction of sp³-hybridized carbons (Fsp3) is 0.688. The van der Waals surface area contributed by atoms with Gasteiger partial charge in [-0.05, 0) is 44.7 Å². The van der Waals surface area contributed by atoms with Gasteiger partial charge < -0.3 is 4.90 Å². The molecule has 3 rings (SSSR count). The van der Waals surface area contributed by atoms with E-state index in [9.17, 15) is 8.42 Å². The Balaban J connectivity index is 1.69. The molecule has 22 heavy (non-hydrogen) atoms. The zero-order valence-electron chi connectivity index (χ0n) is 13.2. The van der Waals surface area contributed by atoms with E-state index >= 15 is 0 Å². The van der Waals surface area contributed by atoms with E-state index in [2.05, 4.69) is 14.6 Å². The smallest absolute Gasteiger partial charge is 0.216 e. The predicted molar refractivity (Wildman–Crippen MR) is 88.5 cm³/mol. The summed E-state index contributed by atoms with van der Waals surface area (Å²) in [5, 5.41) is -0.329. The van der Waals surface area contributed by atoms with Gasteiger partial charge in [0.2, 0.25) is 10.0 Å². The van der Waals surface area contributed by atoms with Crippen molar-refractivity contribution in [2.24, 2.45) is 0 Å². The molecule has 5 nitrogen and oxygen atoms in total. The highest BCUT2D eigenvalue weighted by molar-refractivity contribution is 7.90. The number of anilines is 1. The number of aromatic nitrogens is 1. The van der Waals surface area contributed by atoms with E-state index < -0.39 is 10.0 Å². The summed E-state index contributed by atoms with van der Waals surface area (Å²) in [6.45, 7) is 3.38. The van der Waals surface area contributed by atoms with Crippen LogP contribution in [0.15, 0.2) is 18.2 Å². The summed E-state index contributed by atoms with van der Waals surface area (Å²) in [7, 11) is -3.24. The van der Waals surface area contributed by atoms with Crippen LogP contribution in [0.1, 0.15) is 44.2 Å². The fourth-order valence-corrected chi connectivity index (χ4v) is 5.22. The van der Waals surface area contributed by atoms with Crippen molar-refractivity contribution in [3.05, 3.63) is 23.9 Å². The normalized spacial score (nSPS) is 23.9.